The number of hydrogen-bond acceptors (Lipinski definition) is 3. The second-order valence-electron chi connectivity index (χ2n) is 6.37. The van der Waals surface area contributed by atoms with E-state index >= 15 is 0 Å². The van der Waals surface area contributed by atoms with Crippen molar-refractivity contribution in [1.29, 1.82) is 0 Å². The van der Waals surface area contributed by atoms with E-state index in [-0.39, 0.29) is 17.9 Å². The van der Waals surface area contributed by atoms with Crippen LogP contribution >= 0.6 is 0 Å². The van der Waals surface area contributed by atoms with Crippen molar-refractivity contribution < 1.29 is 9.90 Å². The molecular weight excluding hydrogens is 266 g/mol. The quantitative estimate of drug-likeness (QED) is 0.906. The van der Waals surface area contributed by atoms with Crippen LogP contribution in [0.2, 0.25) is 0 Å². The number of aliphatic hydroxyl groups is 1. The lowest BCUT2D eigenvalue weighted by molar-refractivity contribution is 0.0682. The van der Waals surface area contributed by atoms with Crippen LogP contribution in [0.4, 0.5) is 0 Å². The van der Waals surface area contributed by atoms with Crippen LogP contribution < -0.4 is 0 Å². The molecule has 2 unspecified atom stereocenters. The Labute approximate surface area is 126 Å². The van der Waals surface area contributed by atoms with E-state index in [0.29, 0.717) is 24.7 Å². The second-order valence-corrected chi connectivity index (χ2v) is 6.37. The monoisotopic (exact) mass is 293 g/mol. The summed E-state index contributed by atoms with van der Waals surface area (Å²) >= 11 is 0. The summed E-state index contributed by atoms with van der Waals surface area (Å²) in [6, 6.07) is 1.90. The maximum absolute atomic E-state index is 12.6. The van der Waals surface area contributed by atoms with Crippen molar-refractivity contribution in [2.75, 3.05) is 13.6 Å². The fourth-order valence-electron chi connectivity index (χ4n) is 2.99. The summed E-state index contributed by atoms with van der Waals surface area (Å²) in [6.45, 7) is 7.46. The molecule has 1 aliphatic carbocycles. The molecule has 1 amide bonds. The van der Waals surface area contributed by atoms with E-state index in [2.05, 4.69) is 18.9 Å². The first-order chi connectivity index (χ1) is 9.93. The molecule has 0 saturated heterocycles. The zero-order chi connectivity index (χ0) is 15.6. The molecule has 0 spiro atoms. The summed E-state index contributed by atoms with van der Waals surface area (Å²) in [5, 5.41) is 14.4. The van der Waals surface area contributed by atoms with E-state index in [1.54, 1.807) is 9.58 Å². The minimum Gasteiger partial charge on any atom is -0.393 e. The number of carbonyl (C=O) groups is 1. The molecule has 0 bridgehead atoms. The Morgan fingerprint density at radius 1 is 1.52 bits per heavy atom. The highest BCUT2D eigenvalue weighted by Crippen LogP contribution is 2.26. The molecule has 118 valence electrons. The van der Waals surface area contributed by atoms with E-state index < -0.39 is 0 Å². The number of aromatic nitrogens is 2. The third-order valence-corrected chi connectivity index (χ3v) is 4.38. The van der Waals surface area contributed by atoms with Gasteiger partial charge in [0, 0.05) is 26.1 Å². The van der Waals surface area contributed by atoms with E-state index in [1.807, 2.05) is 20.0 Å². The largest absolute Gasteiger partial charge is 0.393 e. The molecule has 1 aromatic rings. The van der Waals surface area contributed by atoms with Crippen molar-refractivity contribution in [3.63, 3.8) is 0 Å². The Morgan fingerprint density at radius 3 is 2.76 bits per heavy atom. The first kappa shape index (κ1) is 16.0. The van der Waals surface area contributed by atoms with Gasteiger partial charge in [-0.2, -0.15) is 5.10 Å². The third kappa shape index (κ3) is 3.46. The van der Waals surface area contributed by atoms with Gasteiger partial charge in [-0.1, -0.05) is 20.3 Å². The fraction of sp³-hybridized carbons (Fsp3) is 0.750. The zero-order valence-electron chi connectivity index (χ0n) is 13.5. The van der Waals surface area contributed by atoms with Gasteiger partial charge in [0.15, 0.2) is 0 Å². The minimum atomic E-state index is -0.262. The molecule has 1 saturated carbocycles. The maximum Gasteiger partial charge on any atom is 0.271 e. The average molecular weight is 293 g/mol. The van der Waals surface area contributed by atoms with Gasteiger partial charge in [0.05, 0.1) is 11.8 Å². The predicted molar refractivity (Wildman–Crippen MR) is 82.3 cm³/mol. The van der Waals surface area contributed by atoms with Gasteiger partial charge in [-0.15, -0.1) is 0 Å². The molecule has 5 nitrogen and oxygen atoms in total. The van der Waals surface area contributed by atoms with Gasteiger partial charge in [-0.05, 0) is 31.7 Å². The molecule has 0 aliphatic heterocycles. The number of aryl methyl sites for hydroxylation is 1. The highest BCUT2D eigenvalue weighted by molar-refractivity contribution is 5.92. The van der Waals surface area contributed by atoms with Crippen molar-refractivity contribution in [1.82, 2.24) is 14.7 Å². The van der Waals surface area contributed by atoms with Gasteiger partial charge < -0.3 is 10.0 Å². The van der Waals surface area contributed by atoms with Gasteiger partial charge >= 0.3 is 0 Å². The molecule has 1 heterocycles. The molecule has 5 heteroatoms. The van der Waals surface area contributed by atoms with Gasteiger partial charge in [0.2, 0.25) is 0 Å². The number of aliphatic hydroxyl groups excluding tert-OH is 1. The number of rotatable bonds is 5. The van der Waals surface area contributed by atoms with Crippen molar-refractivity contribution >= 4 is 5.91 Å². The number of hydrogen-bond donors (Lipinski definition) is 1. The Kier molecular flexibility index (Phi) is 5.04. The van der Waals surface area contributed by atoms with Gasteiger partial charge in [-0.25, -0.2) is 0 Å². The molecule has 1 fully saturated rings. The lowest BCUT2D eigenvalue weighted by Gasteiger charge is -2.23. The molecule has 1 N–H and O–H groups in total. The molecule has 2 rings (SSSR count). The Morgan fingerprint density at radius 2 is 2.24 bits per heavy atom. The van der Waals surface area contributed by atoms with Crippen LogP contribution in [0.5, 0.6) is 0 Å². The fourth-order valence-corrected chi connectivity index (χ4v) is 2.99. The van der Waals surface area contributed by atoms with Crippen LogP contribution in [-0.2, 0) is 6.54 Å². The molecule has 21 heavy (non-hydrogen) atoms. The van der Waals surface area contributed by atoms with Crippen LogP contribution in [0, 0.1) is 5.92 Å². The van der Waals surface area contributed by atoms with Crippen molar-refractivity contribution in [2.24, 2.45) is 5.92 Å². The smallest absolute Gasteiger partial charge is 0.271 e. The lowest BCUT2D eigenvalue weighted by atomic mass is 10.1. The SMILES string of the molecule is CCn1nc(C(C)C)cc1C(=O)N(C)CC1CCCC1O. The zero-order valence-corrected chi connectivity index (χ0v) is 13.5. The van der Waals surface area contributed by atoms with Crippen LogP contribution in [0.25, 0.3) is 0 Å². The van der Waals surface area contributed by atoms with Crippen molar-refractivity contribution in [3.05, 3.63) is 17.5 Å². The highest BCUT2D eigenvalue weighted by Gasteiger charge is 2.28. The first-order valence-corrected chi connectivity index (χ1v) is 7.95. The maximum atomic E-state index is 12.6. The topological polar surface area (TPSA) is 58.4 Å². The first-order valence-electron chi connectivity index (χ1n) is 7.95. The summed E-state index contributed by atoms with van der Waals surface area (Å²) < 4.78 is 1.78. The van der Waals surface area contributed by atoms with Gasteiger partial charge in [0.25, 0.3) is 5.91 Å². The minimum absolute atomic E-state index is 0.00431. The van der Waals surface area contributed by atoms with E-state index in [4.69, 9.17) is 0 Å². The van der Waals surface area contributed by atoms with Crippen LogP contribution in [0.15, 0.2) is 6.07 Å². The van der Waals surface area contributed by atoms with Crippen LogP contribution in [-0.4, -0.2) is 45.4 Å². The standard InChI is InChI=1S/C16H27N3O2/c1-5-19-14(9-13(17-19)11(2)3)16(21)18(4)10-12-7-6-8-15(12)20/h9,11-12,15,20H,5-8,10H2,1-4H3. The Hall–Kier alpha value is -1.36. The van der Waals surface area contributed by atoms with Crippen LogP contribution in [0.3, 0.4) is 0 Å². The van der Waals surface area contributed by atoms with Crippen molar-refractivity contribution in [2.45, 2.75) is 58.6 Å². The van der Waals surface area contributed by atoms with Crippen molar-refractivity contribution in [3.8, 4) is 0 Å². The molecule has 1 aromatic heterocycles. The summed E-state index contributed by atoms with van der Waals surface area (Å²) in [4.78, 5) is 14.4. The number of carbonyl (C=O) groups excluding carboxylic acids is 1. The Balaban J connectivity index is 2.11. The van der Waals surface area contributed by atoms with Gasteiger partial charge in [0.1, 0.15) is 5.69 Å². The second kappa shape index (κ2) is 6.60. The van der Waals surface area contributed by atoms with E-state index in [0.717, 1.165) is 25.0 Å². The Bertz CT molecular complexity index is 496. The molecule has 0 aromatic carbocycles. The molecule has 1 aliphatic rings. The molecule has 2 atom stereocenters. The summed E-state index contributed by atoms with van der Waals surface area (Å²) in [5.74, 6) is 0.517. The van der Waals surface area contributed by atoms with E-state index in [9.17, 15) is 9.90 Å². The summed E-state index contributed by atoms with van der Waals surface area (Å²) in [7, 11) is 1.81. The average Bonchev–Trinajstić information content (AvgIpc) is 3.04. The number of nitrogens with zero attached hydrogens (tertiary/aromatic N) is 3. The predicted octanol–water partition coefficient (Wildman–Crippen LogP) is 2.26. The van der Waals surface area contributed by atoms with Gasteiger partial charge in [-0.3, -0.25) is 9.48 Å². The lowest BCUT2D eigenvalue weighted by Crippen LogP contribution is -2.35. The highest BCUT2D eigenvalue weighted by atomic mass is 16.3. The third-order valence-electron chi connectivity index (χ3n) is 4.38. The molecule has 0 radical (unpaired) electrons. The normalized spacial score (nSPS) is 22.0. The van der Waals surface area contributed by atoms with E-state index in [1.165, 1.54) is 0 Å². The van der Waals surface area contributed by atoms with Crippen LogP contribution in [0.1, 0.15) is 62.1 Å². The number of amides is 1. The molecular formula is C16H27N3O2. The summed E-state index contributed by atoms with van der Waals surface area (Å²) in [6.07, 6.45) is 2.65. The summed E-state index contributed by atoms with van der Waals surface area (Å²) in [5.41, 5.74) is 1.60.